The van der Waals surface area contributed by atoms with Crippen LogP contribution in [0.15, 0.2) is 23.1 Å². The highest BCUT2D eigenvalue weighted by molar-refractivity contribution is 7.89. The highest BCUT2D eigenvalue weighted by atomic mass is 35.5. The van der Waals surface area contributed by atoms with Gasteiger partial charge in [0, 0.05) is 6.04 Å². The number of benzene rings is 1. The summed E-state index contributed by atoms with van der Waals surface area (Å²) in [5, 5.41) is 0. The van der Waals surface area contributed by atoms with Crippen LogP contribution in [0.5, 0.6) is 0 Å². The van der Waals surface area contributed by atoms with E-state index in [4.69, 9.17) is 5.73 Å². The van der Waals surface area contributed by atoms with Gasteiger partial charge in [-0.1, -0.05) is 6.42 Å². The van der Waals surface area contributed by atoms with Crippen molar-refractivity contribution in [2.24, 2.45) is 11.7 Å². The molecule has 1 aromatic carbocycles. The minimum atomic E-state index is -3.96. The van der Waals surface area contributed by atoms with Gasteiger partial charge in [-0.2, -0.15) is 0 Å². The number of sulfonamides is 1. The van der Waals surface area contributed by atoms with E-state index in [2.05, 4.69) is 9.46 Å². The van der Waals surface area contributed by atoms with Gasteiger partial charge in [-0.15, -0.1) is 12.4 Å². The van der Waals surface area contributed by atoms with Gasteiger partial charge in [0.15, 0.2) is 0 Å². The number of hydrogen-bond donors (Lipinski definition) is 2. The molecular weight excluding hydrogens is 347 g/mol. The molecule has 23 heavy (non-hydrogen) atoms. The van der Waals surface area contributed by atoms with Crippen LogP contribution in [0.3, 0.4) is 0 Å². The van der Waals surface area contributed by atoms with Crippen molar-refractivity contribution in [1.29, 1.82) is 0 Å². The molecule has 3 N–H and O–H groups in total. The maximum atomic E-state index is 13.3. The largest absolute Gasteiger partial charge is 0.465 e. The molecule has 130 valence electrons. The van der Waals surface area contributed by atoms with Crippen LogP contribution in [0.4, 0.5) is 4.39 Å². The van der Waals surface area contributed by atoms with Crippen LogP contribution in [-0.2, 0) is 14.8 Å². The maximum Gasteiger partial charge on any atom is 0.339 e. The van der Waals surface area contributed by atoms with Crippen molar-refractivity contribution in [3.05, 3.63) is 29.6 Å². The summed E-state index contributed by atoms with van der Waals surface area (Å²) in [6.07, 6.45) is 2.44. The molecule has 0 aromatic heterocycles. The van der Waals surface area contributed by atoms with Crippen molar-refractivity contribution in [3.63, 3.8) is 0 Å². The number of halogens is 2. The van der Waals surface area contributed by atoms with E-state index >= 15 is 0 Å². The van der Waals surface area contributed by atoms with Gasteiger partial charge < -0.3 is 10.5 Å². The third-order valence-corrected chi connectivity index (χ3v) is 5.45. The molecule has 0 amide bonds. The Kier molecular flexibility index (Phi) is 6.94. The number of rotatable bonds is 5. The quantitative estimate of drug-likeness (QED) is 0.768. The number of nitrogens with one attached hydrogen (secondary N) is 1. The molecule has 1 aliphatic rings. The number of esters is 1. The molecule has 1 saturated carbocycles. The van der Waals surface area contributed by atoms with Crippen LogP contribution >= 0.6 is 12.4 Å². The van der Waals surface area contributed by atoms with Crippen LogP contribution in [0.2, 0.25) is 0 Å². The van der Waals surface area contributed by atoms with E-state index in [1.807, 2.05) is 0 Å². The molecule has 1 aromatic rings. The van der Waals surface area contributed by atoms with Crippen molar-refractivity contribution in [1.82, 2.24) is 4.72 Å². The first-order valence-electron chi connectivity index (χ1n) is 6.99. The van der Waals surface area contributed by atoms with Gasteiger partial charge in [-0.3, -0.25) is 0 Å². The summed E-state index contributed by atoms with van der Waals surface area (Å²) in [6, 6.07) is 2.65. The number of nitrogens with two attached hydrogens (primary N) is 1. The summed E-state index contributed by atoms with van der Waals surface area (Å²) in [5.74, 6) is -1.54. The van der Waals surface area contributed by atoms with E-state index in [0.29, 0.717) is 13.0 Å². The van der Waals surface area contributed by atoms with Crippen LogP contribution in [-0.4, -0.2) is 34.1 Å². The van der Waals surface area contributed by atoms with E-state index in [1.54, 1.807) is 0 Å². The maximum absolute atomic E-state index is 13.3. The van der Waals surface area contributed by atoms with Crippen LogP contribution < -0.4 is 10.5 Å². The highest BCUT2D eigenvalue weighted by Crippen LogP contribution is 2.27. The Bertz CT molecular complexity index is 669. The van der Waals surface area contributed by atoms with Crippen molar-refractivity contribution in [2.45, 2.75) is 30.2 Å². The summed E-state index contributed by atoms with van der Waals surface area (Å²) >= 11 is 0. The average Bonchev–Trinajstić information content (AvgIpc) is 2.92. The fourth-order valence-electron chi connectivity index (χ4n) is 2.74. The molecule has 6 nitrogen and oxygen atoms in total. The zero-order valence-electron chi connectivity index (χ0n) is 12.6. The Labute approximate surface area is 141 Å². The lowest BCUT2D eigenvalue weighted by molar-refractivity contribution is 0.0595. The molecule has 2 rings (SSSR count). The Morgan fingerprint density at radius 3 is 2.74 bits per heavy atom. The summed E-state index contributed by atoms with van der Waals surface area (Å²) in [4.78, 5) is 11.4. The number of methoxy groups -OCH3 is 1. The average molecular weight is 367 g/mol. The number of ether oxygens (including phenoxy) is 1. The zero-order chi connectivity index (χ0) is 16.3. The number of carbonyl (C=O) groups excluding carboxylic acids is 1. The van der Waals surface area contributed by atoms with Gasteiger partial charge in [-0.05, 0) is 43.5 Å². The van der Waals surface area contributed by atoms with Crippen molar-refractivity contribution < 1.29 is 22.3 Å². The van der Waals surface area contributed by atoms with E-state index in [0.717, 1.165) is 38.2 Å². The molecular formula is C14H20ClFN2O4S. The molecule has 1 fully saturated rings. The second-order valence-electron chi connectivity index (χ2n) is 5.29. The second-order valence-corrected chi connectivity index (χ2v) is 6.97. The fourth-order valence-corrected chi connectivity index (χ4v) is 4.26. The third-order valence-electron chi connectivity index (χ3n) is 3.90. The van der Waals surface area contributed by atoms with E-state index < -0.39 is 21.8 Å². The van der Waals surface area contributed by atoms with Gasteiger partial charge in [0.05, 0.1) is 17.6 Å². The molecule has 0 saturated heterocycles. The summed E-state index contributed by atoms with van der Waals surface area (Å²) in [6.45, 7) is 0.389. The van der Waals surface area contributed by atoms with Crippen molar-refractivity contribution in [2.75, 3.05) is 13.7 Å². The molecule has 0 spiro atoms. The standard InChI is InChI=1S/C14H19FN2O4S.ClH/c1-21-14(18)11-7-10(15)5-6-13(11)22(19,20)17-12-4-2-3-9(12)8-16;/h5-7,9,12,17H,2-4,8,16H2,1H3;1H. The molecule has 1 aliphatic carbocycles. The Morgan fingerprint density at radius 2 is 2.13 bits per heavy atom. The van der Waals surface area contributed by atoms with Gasteiger partial charge in [0.2, 0.25) is 10.0 Å². The Balaban J connectivity index is 0.00000264. The molecule has 0 aliphatic heterocycles. The van der Waals surface area contributed by atoms with Crippen molar-refractivity contribution >= 4 is 28.4 Å². The fraction of sp³-hybridized carbons (Fsp3) is 0.500. The minimum Gasteiger partial charge on any atom is -0.465 e. The molecule has 2 atom stereocenters. The molecule has 0 heterocycles. The third kappa shape index (κ3) is 4.41. The van der Waals surface area contributed by atoms with Gasteiger partial charge in [0.1, 0.15) is 5.82 Å². The molecule has 2 unspecified atom stereocenters. The molecule has 0 bridgehead atoms. The normalized spacial score (nSPS) is 20.8. The minimum absolute atomic E-state index is 0. The predicted molar refractivity (Wildman–Crippen MR) is 85.5 cm³/mol. The first-order valence-corrected chi connectivity index (χ1v) is 8.47. The number of carbonyl (C=O) groups is 1. The van der Waals surface area contributed by atoms with Crippen LogP contribution in [0.25, 0.3) is 0 Å². The SMILES string of the molecule is COC(=O)c1cc(F)ccc1S(=O)(=O)NC1CCCC1CN.Cl. The lowest BCUT2D eigenvalue weighted by Crippen LogP contribution is -2.40. The van der Waals surface area contributed by atoms with Gasteiger partial charge >= 0.3 is 5.97 Å². The molecule has 0 radical (unpaired) electrons. The first-order chi connectivity index (χ1) is 10.4. The molecule has 9 heteroatoms. The number of hydrogen-bond acceptors (Lipinski definition) is 5. The first kappa shape index (κ1) is 19.8. The summed E-state index contributed by atoms with van der Waals surface area (Å²) < 4.78 is 45.4. The van der Waals surface area contributed by atoms with E-state index in [9.17, 15) is 17.6 Å². The van der Waals surface area contributed by atoms with Crippen molar-refractivity contribution in [3.8, 4) is 0 Å². The predicted octanol–water partition coefficient (Wildman–Crippen LogP) is 1.44. The lowest BCUT2D eigenvalue weighted by Gasteiger charge is -2.20. The lowest BCUT2D eigenvalue weighted by atomic mass is 10.1. The topological polar surface area (TPSA) is 98.5 Å². The summed E-state index contributed by atoms with van der Waals surface area (Å²) in [7, 11) is -2.85. The smallest absolute Gasteiger partial charge is 0.339 e. The summed E-state index contributed by atoms with van der Waals surface area (Å²) in [5.41, 5.74) is 5.32. The highest BCUT2D eigenvalue weighted by Gasteiger charge is 2.32. The van der Waals surface area contributed by atoms with E-state index in [1.165, 1.54) is 0 Å². The van der Waals surface area contributed by atoms with Gasteiger partial charge in [0.25, 0.3) is 0 Å². The van der Waals surface area contributed by atoms with E-state index in [-0.39, 0.29) is 34.8 Å². The van der Waals surface area contributed by atoms with Gasteiger partial charge in [-0.25, -0.2) is 22.3 Å². The monoisotopic (exact) mass is 366 g/mol. The second kappa shape index (κ2) is 8.05. The van der Waals surface area contributed by atoms with Crippen LogP contribution in [0, 0.1) is 11.7 Å². The Hall–Kier alpha value is -1.22. The zero-order valence-corrected chi connectivity index (χ0v) is 14.3. The Morgan fingerprint density at radius 1 is 1.43 bits per heavy atom. The van der Waals surface area contributed by atoms with Crippen LogP contribution in [0.1, 0.15) is 29.6 Å².